The first-order valence-corrected chi connectivity index (χ1v) is 6.25. The fourth-order valence-corrected chi connectivity index (χ4v) is 1.95. The van der Waals surface area contributed by atoms with Crippen molar-refractivity contribution in [2.45, 2.75) is 13.0 Å². The molecule has 3 N–H and O–H groups in total. The minimum absolute atomic E-state index is 0.0280. The normalized spacial score (nSPS) is 11.9. The van der Waals surface area contributed by atoms with Gasteiger partial charge in [0.15, 0.2) is 0 Å². The van der Waals surface area contributed by atoms with Crippen LogP contribution in [0.15, 0.2) is 42.6 Å². The number of halogens is 1. The van der Waals surface area contributed by atoms with Crippen LogP contribution in [0.25, 0.3) is 0 Å². The summed E-state index contributed by atoms with van der Waals surface area (Å²) in [5.74, 6) is -0.362. The molecule has 0 saturated heterocycles. The Labute approximate surface area is 116 Å². The second kappa shape index (κ2) is 5.75. The predicted molar refractivity (Wildman–Crippen MR) is 78.6 cm³/mol. The van der Waals surface area contributed by atoms with Crippen LogP contribution in [0.2, 0.25) is 0 Å². The highest BCUT2D eigenvalue weighted by molar-refractivity contribution is 7.80. The summed E-state index contributed by atoms with van der Waals surface area (Å²) in [5, 5.41) is 3.24. The molecule has 0 fully saturated rings. The lowest BCUT2D eigenvalue weighted by atomic mass is 10.1. The number of hydrogen-bond acceptors (Lipinski definition) is 3. The number of anilines is 1. The van der Waals surface area contributed by atoms with Crippen molar-refractivity contribution in [3.05, 3.63) is 59.7 Å². The minimum Gasteiger partial charge on any atom is -0.389 e. The minimum atomic E-state index is -0.362. The van der Waals surface area contributed by atoms with Gasteiger partial charge in [0.2, 0.25) is 0 Å². The average molecular weight is 275 g/mol. The Morgan fingerprint density at radius 3 is 2.79 bits per heavy atom. The van der Waals surface area contributed by atoms with Crippen LogP contribution in [0.3, 0.4) is 0 Å². The summed E-state index contributed by atoms with van der Waals surface area (Å²) < 4.78 is 13.2. The first kappa shape index (κ1) is 13.4. The van der Waals surface area contributed by atoms with Crippen LogP contribution in [-0.4, -0.2) is 9.97 Å². The van der Waals surface area contributed by atoms with Crippen molar-refractivity contribution in [3.8, 4) is 0 Å². The van der Waals surface area contributed by atoms with E-state index in [9.17, 15) is 4.39 Å². The van der Waals surface area contributed by atoms with Crippen molar-refractivity contribution in [3.63, 3.8) is 0 Å². The molecule has 0 bridgehead atoms. The average Bonchev–Trinajstić information content (AvgIpc) is 2.41. The highest BCUT2D eigenvalue weighted by Crippen LogP contribution is 2.22. The van der Waals surface area contributed by atoms with Gasteiger partial charge in [-0.15, -0.1) is 0 Å². The van der Waals surface area contributed by atoms with Crippen LogP contribution in [-0.2, 0) is 0 Å². The molecule has 1 aromatic carbocycles. The van der Waals surface area contributed by atoms with Gasteiger partial charge in [0.05, 0.1) is 11.7 Å². The Morgan fingerprint density at radius 2 is 2.16 bits per heavy atom. The maximum atomic E-state index is 13.2. The third kappa shape index (κ3) is 3.26. The van der Waals surface area contributed by atoms with Gasteiger partial charge in [0, 0.05) is 17.4 Å². The van der Waals surface area contributed by atoms with Gasteiger partial charge in [-0.25, -0.2) is 4.39 Å². The summed E-state index contributed by atoms with van der Waals surface area (Å²) in [5.41, 5.74) is 7.70. The number of pyridine rings is 1. The molecule has 2 rings (SSSR count). The lowest BCUT2D eigenvalue weighted by Gasteiger charge is -2.17. The van der Waals surface area contributed by atoms with Gasteiger partial charge in [-0.2, -0.15) is 0 Å². The van der Waals surface area contributed by atoms with Crippen LogP contribution in [0, 0.1) is 5.82 Å². The quantitative estimate of drug-likeness (QED) is 0.842. The SMILES string of the molecule is CC(Nc1ccc(F)cc1C(N)=S)c1ccccn1. The molecule has 0 aliphatic carbocycles. The van der Waals surface area contributed by atoms with Crippen LogP contribution in [0.1, 0.15) is 24.2 Å². The van der Waals surface area contributed by atoms with E-state index in [-0.39, 0.29) is 16.8 Å². The number of nitrogens with one attached hydrogen (secondary N) is 1. The molecule has 0 aliphatic heterocycles. The standard InChI is InChI=1S/C14H14FN3S/c1-9(12-4-2-3-7-17-12)18-13-6-5-10(15)8-11(13)14(16)19/h2-9,18H,1H3,(H2,16,19). The van der Waals surface area contributed by atoms with E-state index >= 15 is 0 Å². The highest BCUT2D eigenvalue weighted by Gasteiger charge is 2.11. The zero-order valence-corrected chi connectivity index (χ0v) is 11.2. The zero-order chi connectivity index (χ0) is 13.8. The summed E-state index contributed by atoms with van der Waals surface area (Å²) in [6.07, 6.45) is 1.73. The molecule has 3 nitrogen and oxygen atoms in total. The van der Waals surface area contributed by atoms with Gasteiger partial charge in [-0.1, -0.05) is 18.3 Å². The molecule has 0 aliphatic rings. The molecule has 1 aromatic heterocycles. The molecule has 1 heterocycles. The third-order valence-electron chi connectivity index (χ3n) is 2.75. The van der Waals surface area contributed by atoms with Gasteiger partial charge in [-0.3, -0.25) is 4.98 Å². The van der Waals surface area contributed by atoms with E-state index in [1.165, 1.54) is 12.1 Å². The molecular formula is C14H14FN3S. The number of rotatable bonds is 4. The van der Waals surface area contributed by atoms with E-state index in [2.05, 4.69) is 10.3 Å². The van der Waals surface area contributed by atoms with Crippen LogP contribution in [0.5, 0.6) is 0 Å². The maximum Gasteiger partial charge on any atom is 0.124 e. The summed E-state index contributed by atoms with van der Waals surface area (Å²) >= 11 is 4.93. The third-order valence-corrected chi connectivity index (χ3v) is 2.97. The van der Waals surface area contributed by atoms with Gasteiger partial charge >= 0.3 is 0 Å². The van der Waals surface area contributed by atoms with Gasteiger partial charge in [0.25, 0.3) is 0 Å². The Kier molecular flexibility index (Phi) is 4.06. The zero-order valence-electron chi connectivity index (χ0n) is 10.4. The maximum absolute atomic E-state index is 13.2. The summed E-state index contributed by atoms with van der Waals surface area (Å²) in [6.45, 7) is 1.97. The van der Waals surface area contributed by atoms with Crippen molar-refractivity contribution in [2.24, 2.45) is 5.73 Å². The first-order chi connectivity index (χ1) is 9.08. The highest BCUT2D eigenvalue weighted by atomic mass is 32.1. The second-order valence-corrected chi connectivity index (χ2v) is 4.61. The largest absolute Gasteiger partial charge is 0.389 e. The van der Waals surface area contributed by atoms with Crippen molar-refractivity contribution >= 4 is 22.9 Å². The summed E-state index contributed by atoms with van der Waals surface area (Å²) in [6, 6.07) is 9.99. The van der Waals surface area contributed by atoms with E-state index in [0.717, 1.165) is 5.69 Å². The van der Waals surface area contributed by atoms with Gasteiger partial charge in [0.1, 0.15) is 10.8 Å². The fourth-order valence-electron chi connectivity index (χ4n) is 1.79. The number of thiocarbonyl (C=S) groups is 1. The van der Waals surface area contributed by atoms with E-state index < -0.39 is 0 Å². The molecule has 0 spiro atoms. The summed E-state index contributed by atoms with van der Waals surface area (Å²) in [7, 11) is 0. The number of benzene rings is 1. The van der Waals surface area contributed by atoms with Gasteiger partial charge < -0.3 is 11.1 Å². The predicted octanol–water partition coefficient (Wildman–Crippen LogP) is 3.03. The monoisotopic (exact) mass is 275 g/mol. The van der Waals surface area contributed by atoms with E-state index in [0.29, 0.717) is 11.3 Å². The van der Waals surface area contributed by atoms with Crippen molar-refractivity contribution in [2.75, 3.05) is 5.32 Å². The van der Waals surface area contributed by atoms with Crippen LogP contribution >= 0.6 is 12.2 Å². The molecule has 98 valence electrons. The van der Waals surface area contributed by atoms with Crippen molar-refractivity contribution in [1.29, 1.82) is 0 Å². The van der Waals surface area contributed by atoms with Crippen LogP contribution < -0.4 is 11.1 Å². The molecule has 0 saturated carbocycles. The number of nitrogens with two attached hydrogens (primary N) is 1. The van der Waals surface area contributed by atoms with E-state index in [1.807, 2.05) is 25.1 Å². The molecular weight excluding hydrogens is 261 g/mol. The molecule has 0 amide bonds. The van der Waals surface area contributed by atoms with Gasteiger partial charge in [-0.05, 0) is 37.3 Å². The molecule has 1 atom stereocenters. The lowest BCUT2D eigenvalue weighted by molar-refractivity contribution is 0.627. The number of aromatic nitrogens is 1. The molecule has 5 heteroatoms. The molecule has 1 unspecified atom stereocenters. The van der Waals surface area contributed by atoms with E-state index in [4.69, 9.17) is 18.0 Å². The first-order valence-electron chi connectivity index (χ1n) is 5.84. The fraction of sp³-hybridized carbons (Fsp3) is 0.143. The Balaban J connectivity index is 2.26. The molecule has 19 heavy (non-hydrogen) atoms. The van der Waals surface area contributed by atoms with E-state index in [1.54, 1.807) is 12.3 Å². The smallest absolute Gasteiger partial charge is 0.124 e. The second-order valence-electron chi connectivity index (χ2n) is 4.17. The Hall–Kier alpha value is -2.01. The van der Waals surface area contributed by atoms with Crippen molar-refractivity contribution < 1.29 is 4.39 Å². The molecule has 2 aromatic rings. The number of hydrogen-bond donors (Lipinski definition) is 2. The Bertz CT molecular complexity index is 586. The van der Waals surface area contributed by atoms with Crippen LogP contribution in [0.4, 0.5) is 10.1 Å². The lowest BCUT2D eigenvalue weighted by Crippen LogP contribution is -2.16. The van der Waals surface area contributed by atoms with Crippen molar-refractivity contribution in [1.82, 2.24) is 4.98 Å². The summed E-state index contributed by atoms with van der Waals surface area (Å²) in [4.78, 5) is 4.43. The Morgan fingerprint density at radius 1 is 1.37 bits per heavy atom. The topological polar surface area (TPSA) is 50.9 Å². The number of nitrogens with zero attached hydrogens (tertiary/aromatic N) is 1. The molecule has 0 radical (unpaired) electrons.